The lowest BCUT2D eigenvalue weighted by molar-refractivity contribution is -0.133. The maximum atomic E-state index is 12.2. The highest BCUT2D eigenvalue weighted by atomic mass is 35.5. The Balaban J connectivity index is 2.09. The first-order valence-corrected chi connectivity index (χ1v) is 7.45. The second-order valence-corrected chi connectivity index (χ2v) is 5.86. The van der Waals surface area contributed by atoms with Gasteiger partial charge in [-0.2, -0.15) is 0 Å². The van der Waals surface area contributed by atoms with Crippen LogP contribution in [-0.4, -0.2) is 52.6 Å². The molecule has 7 heteroatoms. The van der Waals surface area contributed by atoms with Crippen molar-refractivity contribution < 1.29 is 9.53 Å². The second kappa shape index (κ2) is 7.15. The quantitative estimate of drug-likeness (QED) is 0.845. The molecule has 1 saturated heterocycles. The minimum Gasteiger partial charge on any atom is -0.378 e. The minimum absolute atomic E-state index is 0.0246. The molecule has 1 unspecified atom stereocenters. The number of aryl methyl sites for hydroxylation is 1. The van der Waals surface area contributed by atoms with Crippen LogP contribution in [0.15, 0.2) is 6.07 Å². The SMILES string of the molecule is Cc1cc(Cl)nc(CN2CCOCC2C(=O)NC(C)C)n1. The molecule has 1 aliphatic heterocycles. The van der Waals surface area contributed by atoms with Gasteiger partial charge in [-0.3, -0.25) is 9.69 Å². The van der Waals surface area contributed by atoms with Gasteiger partial charge in [-0.05, 0) is 26.8 Å². The van der Waals surface area contributed by atoms with E-state index in [1.807, 2.05) is 25.7 Å². The molecule has 1 amide bonds. The van der Waals surface area contributed by atoms with Gasteiger partial charge in [-0.25, -0.2) is 9.97 Å². The topological polar surface area (TPSA) is 67.4 Å². The molecule has 21 heavy (non-hydrogen) atoms. The number of nitrogens with zero attached hydrogens (tertiary/aromatic N) is 3. The largest absolute Gasteiger partial charge is 0.378 e. The second-order valence-electron chi connectivity index (χ2n) is 5.47. The molecular formula is C14H21ClN4O2. The molecule has 0 bridgehead atoms. The fourth-order valence-electron chi connectivity index (χ4n) is 2.29. The zero-order valence-corrected chi connectivity index (χ0v) is 13.4. The molecule has 1 aromatic heterocycles. The van der Waals surface area contributed by atoms with Gasteiger partial charge in [-0.15, -0.1) is 0 Å². The Morgan fingerprint density at radius 3 is 3.00 bits per heavy atom. The Morgan fingerprint density at radius 1 is 1.57 bits per heavy atom. The van der Waals surface area contributed by atoms with Crippen LogP contribution in [0.4, 0.5) is 0 Å². The number of carbonyl (C=O) groups is 1. The maximum absolute atomic E-state index is 12.2. The molecule has 2 rings (SSSR count). The smallest absolute Gasteiger partial charge is 0.239 e. The Kier molecular flexibility index (Phi) is 5.50. The first-order valence-electron chi connectivity index (χ1n) is 7.08. The number of hydrogen-bond acceptors (Lipinski definition) is 5. The number of hydrogen-bond donors (Lipinski definition) is 1. The van der Waals surface area contributed by atoms with Gasteiger partial charge in [0.2, 0.25) is 5.91 Å². The van der Waals surface area contributed by atoms with Crippen molar-refractivity contribution in [1.29, 1.82) is 0 Å². The monoisotopic (exact) mass is 312 g/mol. The highest BCUT2D eigenvalue weighted by Crippen LogP contribution is 2.13. The first kappa shape index (κ1) is 16.1. The lowest BCUT2D eigenvalue weighted by atomic mass is 10.2. The van der Waals surface area contributed by atoms with E-state index in [4.69, 9.17) is 16.3 Å². The molecule has 1 aliphatic rings. The summed E-state index contributed by atoms with van der Waals surface area (Å²) in [7, 11) is 0. The lowest BCUT2D eigenvalue weighted by Gasteiger charge is -2.34. The Labute approximate surface area is 129 Å². The van der Waals surface area contributed by atoms with Crippen LogP contribution in [0.3, 0.4) is 0 Å². The molecule has 1 aromatic rings. The van der Waals surface area contributed by atoms with E-state index in [1.54, 1.807) is 6.07 Å². The summed E-state index contributed by atoms with van der Waals surface area (Å²) >= 11 is 5.96. The van der Waals surface area contributed by atoms with Crippen LogP contribution in [0.1, 0.15) is 25.4 Å². The molecule has 0 aromatic carbocycles. The number of amides is 1. The highest BCUT2D eigenvalue weighted by Gasteiger charge is 2.30. The summed E-state index contributed by atoms with van der Waals surface area (Å²) in [6.07, 6.45) is 0. The molecule has 2 heterocycles. The molecular weight excluding hydrogens is 292 g/mol. The normalized spacial score (nSPS) is 19.8. The van der Waals surface area contributed by atoms with Crippen molar-refractivity contribution >= 4 is 17.5 Å². The van der Waals surface area contributed by atoms with Crippen molar-refractivity contribution in [3.63, 3.8) is 0 Å². The molecule has 0 radical (unpaired) electrons. The van der Waals surface area contributed by atoms with Crippen molar-refractivity contribution in [1.82, 2.24) is 20.2 Å². The standard InChI is InChI=1S/C14H21ClN4O2/c1-9(2)16-14(20)11-8-21-5-4-19(11)7-13-17-10(3)6-12(15)18-13/h6,9,11H,4-5,7-8H2,1-3H3,(H,16,20). The van der Waals surface area contributed by atoms with Crippen LogP contribution in [-0.2, 0) is 16.1 Å². The van der Waals surface area contributed by atoms with Gasteiger partial charge in [0, 0.05) is 18.3 Å². The van der Waals surface area contributed by atoms with Crippen LogP contribution >= 0.6 is 11.6 Å². The van der Waals surface area contributed by atoms with Gasteiger partial charge in [0.05, 0.1) is 19.8 Å². The summed E-state index contributed by atoms with van der Waals surface area (Å²) in [5.41, 5.74) is 0.821. The van der Waals surface area contributed by atoms with Crippen molar-refractivity contribution in [2.24, 2.45) is 0 Å². The Morgan fingerprint density at radius 2 is 2.33 bits per heavy atom. The van der Waals surface area contributed by atoms with E-state index in [2.05, 4.69) is 15.3 Å². The van der Waals surface area contributed by atoms with E-state index in [0.29, 0.717) is 37.3 Å². The zero-order valence-electron chi connectivity index (χ0n) is 12.6. The highest BCUT2D eigenvalue weighted by molar-refractivity contribution is 6.29. The van der Waals surface area contributed by atoms with E-state index in [-0.39, 0.29) is 18.0 Å². The van der Waals surface area contributed by atoms with E-state index >= 15 is 0 Å². The summed E-state index contributed by atoms with van der Waals surface area (Å²) in [6, 6.07) is 1.50. The summed E-state index contributed by atoms with van der Waals surface area (Å²) in [4.78, 5) is 22.9. The third-order valence-electron chi connectivity index (χ3n) is 3.19. The summed E-state index contributed by atoms with van der Waals surface area (Å²) < 4.78 is 5.43. The molecule has 116 valence electrons. The number of nitrogens with one attached hydrogen (secondary N) is 1. The first-order chi connectivity index (χ1) is 9.95. The van der Waals surface area contributed by atoms with E-state index in [9.17, 15) is 4.79 Å². The maximum Gasteiger partial charge on any atom is 0.239 e. The van der Waals surface area contributed by atoms with E-state index in [1.165, 1.54) is 0 Å². The van der Waals surface area contributed by atoms with Crippen molar-refractivity contribution in [3.05, 3.63) is 22.7 Å². The fraction of sp³-hybridized carbons (Fsp3) is 0.643. The van der Waals surface area contributed by atoms with E-state index < -0.39 is 0 Å². The number of rotatable bonds is 4. The Hall–Kier alpha value is -1.24. The number of morpholine rings is 1. The van der Waals surface area contributed by atoms with Crippen LogP contribution in [0.25, 0.3) is 0 Å². The fourth-order valence-corrected chi connectivity index (χ4v) is 2.55. The van der Waals surface area contributed by atoms with Gasteiger partial charge >= 0.3 is 0 Å². The third-order valence-corrected chi connectivity index (χ3v) is 3.38. The average Bonchev–Trinajstić information content (AvgIpc) is 2.37. The van der Waals surface area contributed by atoms with Gasteiger partial charge in [0.25, 0.3) is 0 Å². The van der Waals surface area contributed by atoms with Gasteiger partial charge in [0.15, 0.2) is 0 Å². The van der Waals surface area contributed by atoms with Crippen molar-refractivity contribution in [2.75, 3.05) is 19.8 Å². The molecule has 0 aliphatic carbocycles. The number of carbonyl (C=O) groups excluding carboxylic acids is 1. The minimum atomic E-state index is -0.316. The van der Waals surface area contributed by atoms with Crippen LogP contribution in [0.2, 0.25) is 5.15 Å². The summed E-state index contributed by atoms with van der Waals surface area (Å²) in [6.45, 7) is 7.90. The Bertz CT molecular complexity index is 489. The number of aromatic nitrogens is 2. The predicted octanol–water partition coefficient (Wildman–Crippen LogP) is 1.16. The van der Waals surface area contributed by atoms with Crippen LogP contribution in [0, 0.1) is 6.92 Å². The third kappa shape index (κ3) is 4.62. The van der Waals surface area contributed by atoms with E-state index in [0.717, 1.165) is 5.69 Å². The van der Waals surface area contributed by atoms with Crippen LogP contribution < -0.4 is 5.32 Å². The molecule has 1 atom stereocenters. The van der Waals surface area contributed by atoms with Crippen molar-refractivity contribution in [2.45, 2.75) is 39.4 Å². The molecule has 0 spiro atoms. The lowest BCUT2D eigenvalue weighted by Crippen LogP contribution is -2.54. The summed E-state index contributed by atoms with van der Waals surface area (Å²) in [5.74, 6) is 0.604. The summed E-state index contributed by atoms with van der Waals surface area (Å²) in [5, 5.41) is 3.35. The zero-order chi connectivity index (χ0) is 15.4. The number of ether oxygens (including phenoxy) is 1. The van der Waals surface area contributed by atoms with Gasteiger partial charge in [0.1, 0.15) is 17.0 Å². The van der Waals surface area contributed by atoms with Gasteiger partial charge < -0.3 is 10.1 Å². The van der Waals surface area contributed by atoms with Gasteiger partial charge in [-0.1, -0.05) is 11.6 Å². The number of halogens is 1. The molecule has 1 fully saturated rings. The molecule has 0 saturated carbocycles. The van der Waals surface area contributed by atoms with Crippen molar-refractivity contribution in [3.8, 4) is 0 Å². The molecule has 1 N–H and O–H groups in total. The predicted molar refractivity (Wildman–Crippen MR) is 80.1 cm³/mol. The average molecular weight is 313 g/mol. The van der Waals surface area contributed by atoms with Crippen LogP contribution in [0.5, 0.6) is 0 Å². The molecule has 6 nitrogen and oxygen atoms in total.